The normalized spacial score (nSPS) is 38.3. The summed E-state index contributed by atoms with van der Waals surface area (Å²) >= 11 is 7.19. The predicted octanol–water partition coefficient (Wildman–Crippen LogP) is 3.24. The van der Waals surface area contributed by atoms with Gasteiger partial charge in [0, 0.05) is 24.3 Å². The maximum absolute atomic E-state index is 12.0. The predicted molar refractivity (Wildman–Crippen MR) is 168 cm³/mol. The van der Waals surface area contributed by atoms with Crippen molar-refractivity contribution in [1.82, 2.24) is 0 Å². The van der Waals surface area contributed by atoms with Gasteiger partial charge in [0.05, 0.1) is 18.7 Å². The molecule has 1 spiro atoms. The fraction of sp³-hybridized carbons (Fsp3) is 0.571. The van der Waals surface area contributed by atoms with Crippen LogP contribution in [0.2, 0.25) is 5.02 Å². The number of hydrogen-bond donors (Lipinski definition) is 4. The van der Waals surface area contributed by atoms with Gasteiger partial charge in [0.25, 0.3) is 5.79 Å². The van der Waals surface area contributed by atoms with Crippen molar-refractivity contribution < 1.29 is 58.7 Å². The van der Waals surface area contributed by atoms with Crippen LogP contribution >= 0.6 is 11.6 Å². The summed E-state index contributed by atoms with van der Waals surface area (Å²) in [5.74, 6) is 0.844. The monoisotopic (exact) mass is 688 g/mol. The third-order valence-corrected chi connectivity index (χ3v) is 11.3. The molecule has 4 aliphatic carbocycles. The minimum Gasteiger partial charge on any atom is -0.487 e. The molecule has 0 aromatic heterocycles. The van der Waals surface area contributed by atoms with E-state index in [-0.39, 0.29) is 23.5 Å². The maximum atomic E-state index is 12.0. The van der Waals surface area contributed by atoms with Gasteiger partial charge in [0.2, 0.25) is 6.29 Å². The molecule has 2 aliphatic heterocycles. The number of hydrogen-bond acceptors (Lipinski definition) is 12. The van der Waals surface area contributed by atoms with Gasteiger partial charge in [0.15, 0.2) is 5.60 Å². The van der Waals surface area contributed by atoms with Crippen LogP contribution < -0.4 is 9.47 Å². The van der Waals surface area contributed by atoms with Crippen molar-refractivity contribution in [2.45, 2.75) is 80.8 Å². The molecule has 6 atom stereocenters. The molecule has 13 heteroatoms. The van der Waals surface area contributed by atoms with Gasteiger partial charge in [-0.15, -0.1) is 0 Å². The lowest BCUT2D eigenvalue weighted by Gasteiger charge is -2.68. The molecule has 6 aliphatic rings. The number of aliphatic hydroxyl groups is 4. The van der Waals surface area contributed by atoms with Crippen LogP contribution in [-0.2, 0) is 41.2 Å². The Morgan fingerprint density at radius 3 is 2.21 bits per heavy atom. The Hall–Kier alpha value is -2.78. The molecule has 2 heterocycles. The Morgan fingerprint density at radius 1 is 0.938 bits per heavy atom. The minimum atomic E-state index is -1.55. The van der Waals surface area contributed by atoms with E-state index in [1.165, 1.54) is 19.6 Å². The Bertz CT molecular complexity index is 1500. The molecule has 0 amide bonds. The second-order valence-corrected chi connectivity index (χ2v) is 13.9. The molecule has 2 aromatic carbocycles. The van der Waals surface area contributed by atoms with Crippen molar-refractivity contribution in [2.24, 2.45) is 23.7 Å². The lowest BCUT2D eigenvalue weighted by Crippen LogP contribution is -2.76. The topological polar surface area (TPSA) is 163 Å². The van der Waals surface area contributed by atoms with E-state index >= 15 is 0 Å². The van der Waals surface area contributed by atoms with Crippen LogP contribution in [0, 0.1) is 23.7 Å². The van der Waals surface area contributed by atoms with Crippen LogP contribution in [0.15, 0.2) is 42.5 Å². The molecule has 4 bridgehead atoms. The number of benzene rings is 2. The van der Waals surface area contributed by atoms with Crippen molar-refractivity contribution in [2.75, 3.05) is 20.8 Å². The molecule has 48 heavy (non-hydrogen) atoms. The lowest BCUT2D eigenvalue weighted by molar-refractivity contribution is -0.645. The van der Waals surface area contributed by atoms with Gasteiger partial charge in [-0.3, -0.25) is 0 Å². The first-order chi connectivity index (χ1) is 23.1. The van der Waals surface area contributed by atoms with Crippen molar-refractivity contribution in [3.05, 3.63) is 64.2 Å². The zero-order chi connectivity index (χ0) is 33.8. The fourth-order valence-electron chi connectivity index (χ4n) is 8.78. The van der Waals surface area contributed by atoms with Gasteiger partial charge >= 0.3 is 5.97 Å². The first-order valence-corrected chi connectivity index (χ1v) is 16.7. The summed E-state index contributed by atoms with van der Waals surface area (Å²) < 4.78 is 28.5. The van der Waals surface area contributed by atoms with Crippen LogP contribution in [-0.4, -0.2) is 83.5 Å². The number of carbonyl (C=O) groups excluding carboxylic acids is 1. The molecule has 6 fully saturated rings. The molecule has 2 aromatic rings. The Kier molecular flexibility index (Phi) is 9.24. The van der Waals surface area contributed by atoms with E-state index in [4.69, 9.17) is 45.1 Å². The van der Waals surface area contributed by atoms with E-state index in [0.29, 0.717) is 34.5 Å². The second-order valence-electron chi connectivity index (χ2n) is 13.5. The third kappa shape index (κ3) is 5.42. The van der Waals surface area contributed by atoms with Gasteiger partial charge in [-0.1, -0.05) is 35.9 Å². The zero-order valence-corrected chi connectivity index (χ0v) is 27.5. The second kappa shape index (κ2) is 13.2. The van der Waals surface area contributed by atoms with E-state index in [9.17, 15) is 25.2 Å². The molecule has 4 saturated carbocycles. The van der Waals surface area contributed by atoms with Crippen LogP contribution in [0.25, 0.3) is 6.08 Å². The minimum absolute atomic E-state index is 0.0830. The highest BCUT2D eigenvalue weighted by molar-refractivity contribution is 6.33. The fourth-order valence-corrected chi connectivity index (χ4v) is 9.13. The molecule has 8 rings (SSSR count). The summed E-state index contributed by atoms with van der Waals surface area (Å²) in [7, 11) is 2.91. The average molecular weight is 689 g/mol. The van der Waals surface area contributed by atoms with Gasteiger partial charge < -0.3 is 44.1 Å². The standard InChI is InChI=1S/C35H41ClO12/c1-42-27(38)10-6-21-5-9-25(35(43-2)34(47-48-35)22-12-19-11-20(14-22)15-23(34)13-19)28(36)32(21)44-17-18-3-7-24(8-4-18)45-33-31(41)30(40)29(39)26(16-37)46-33/h3-10,19-20,22-23,26,29-31,33,37,39-41H,11-17H2,1-2H3/b10-6+/t19?,20?,22?,23?,26?,29-,30?,31-,33+,34?,35?/m0/s1. The molecule has 260 valence electrons. The average Bonchev–Trinajstić information content (AvgIpc) is 3.08. The molecule has 4 N–H and O–H groups in total. The smallest absolute Gasteiger partial charge is 0.330 e. The molecule has 2 saturated heterocycles. The number of aliphatic hydroxyl groups excluding tert-OH is 4. The van der Waals surface area contributed by atoms with Crippen molar-refractivity contribution >= 4 is 23.6 Å². The van der Waals surface area contributed by atoms with E-state index in [2.05, 4.69) is 0 Å². The SMILES string of the molecule is COC(=O)/C=C/c1ccc(C2(OC)OOC23C2CC4CC(C2)CC3C4)c(Cl)c1OCc1ccc(O[C@@H]2OC(CO)[C@H](O)C(O)[C@@H]2O)cc1. The van der Waals surface area contributed by atoms with Gasteiger partial charge in [0.1, 0.15) is 42.5 Å². The van der Waals surface area contributed by atoms with Crippen LogP contribution in [0.5, 0.6) is 11.5 Å². The van der Waals surface area contributed by atoms with Gasteiger partial charge in [-0.2, -0.15) is 4.89 Å². The van der Waals surface area contributed by atoms with E-state index in [1.807, 2.05) is 6.07 Å². The summed E-state index contributed by atoms with van der Waals surface area (Å²) in [6, 6.07) is 10.4. The van der Waals surface area contributed by atoms with E-state index in [1.54, 1.807) is 43.5 Å². The highest BCUT2D eigenvalue weighted by Crippen LogP contribution is 2.70. The number of ether oxygens (including phenoxy) is 5. The summed E-state index contributed by atoms with van der Waals surface area (Å²) in [4.78, 5) is 24.1. The van der Waals surface area contributed by atoms with E-state index < -0.39 is 54.7 Å². The van der Waals surface area contributed by atoms with Crippen molar-refractivity contribution in [3.8, 4) is 11.5 Å². The summed E-state index contributed by atoms with van der Waals surface area (Å²) in [5, 5.41) is 40.2. The highest BCUT2D eigenvalue weighted by atomic mass is 35.5. The Morgan fingerprint density at radius 2 is 1.62 bits per heavy atom. The van der Waals surface area contributed by atoms with Crippen LogP contribution in [0.1, 0.15) is 48.8 Å². The molecular weight excluding hydrogens is 648 g/mol. The van der Waals surface area contributed by atoms with Crippen molar-refractivity contribution in [1.29, 1.82) is 0 Å². The Labute approximate surface area is 283 Å². The van der Waals surface area contributed by atoms with Gasteiger partial charge in [-0.05, 0) is 79.5 Å². The maximum Gasteiger partial charge on any atom is 0.330 e. The first-order valence-electron chi connectivity index (χ1n) is 16.3. The molecule has 0 radical (unpaired) electrons. The summed E-state index contributed by atoms with van der Waals surface area (Å²) in [6.07, 6.45) is 1.45. The third-order valence-electron chi connectivity index (χ3n) is 10.9. The number of methoxy groups -OCH3 is 2. The largest absolute Gasteiger partial charge is 0.487 e. The van der Waals surface area contributed by atoms with Gasteiger partial charge in [-0.25, -0.2) is 9.68 Å². The summed E-state index contributed by atoms with van der Waals surface area (Å²) in [5.41, 5.74) is 1.22. The van der Waals surface area contributed by atoms with Crippen molar-refractivity contribution in [3.63, 3.8) is 0 Å². The quantitative estimate of drug-likeness (QED) is 0.164. The molecular formula is C35H41ClO12. The van der Waals surface area contributed by atoms with E-state index in [0.717, 1.165) is 31.2 Å². The van der Waals surface area contributed by atoms with Crippen LogP contribution in [0.4, 0.5) is 0 Å². The Balaban J connectivity index is 1.14. The lowest BCUT2D eigenvalue weighted by atomic mass is 9.47. The number of esters is 1. The zero-order valence-electron chi connectivity index (χ0n) is 26.7. The highest BCUT2D eigenvalue weighted by Gasteiger charge is 2.77. The number of halogens is 1. The number of carbonyl (C=O) groups is 1. The van der Waals surface area contributed by atoms with Crippen LogP contribution in [0.3, 0.4) is 0 Å². The first kappa shape index (κ1) is 33.7. The molecule has 3 unspecified atom stereocenters. The number of rotatable bonds is 10. The summed E-state index contributed by atoms with van der Waals surface area (Å²) in [6.45, 7) is -0.477. The molecule has 12 nitrogen and oxygen atoms in total.